The van der Waals surface area contributed by atoms with Crippen LogP contribution in [0, 0.1) is 23.3 Å². The van der Waals surface area contributed by atoms with Crippen molar-refractivity contribution >= 4 is 39.4 Å². The Morgan fingerprint density at radius 3 is 2.57 bits per heavy atom. The SMILES string of the molecule is O=C(O)N1C[C@@H](F)C[C@H](Nc2nccc(-c3cccnc3Oc3cc(F)c(NS(=O)(=O)Cc4ccc(Cl)cc4F)c(F)c3F)n2)C1. The number of ether oxygens (including phenoxy) is 1. The van der Waals surface area contributed by atoms with Crippen molar-refractivity contribution in [1.29, 1.82) is 0 Å². The maximum absolute atomic E-state index is 15.1. The minimum atomic E-state index is -4.63. The molecular weight excluding hydrogens is 663 g/mol. The van der Waals surface area contributed by atoms with Gasteiger partial charge in [-0.3, -0.25) is 4.72 Å². The highest BCUT2D eigenvalue weighted by Crippen LogP contribution is 2.36. The Kier molecular flexibility index (Phi) is 9.43. The number of sulfonamides is 1. The number of piperidine rings is 1. The normalized spacial score (nSPS) is 16.6. The van der Waals surface area contributed by atoms with Crippen LogP contribution in [0.2, 0.25) is 5.02 Å². The van der Waals surface area contributed by atoms with Gasteiger partial charge in [-0.15, -0.1) is 0 Å². The Hall–Kier alpha value is -4.77. The van der Waals surface area contributed by atoms with Crippen LogP contribution in [0.3, 0.4) is 0 Å². The Balaban J connectivity index is 1.37. The van der Waals surface area contributed by atoms with Gasteiger partial charge in [0.2, 0.25) is 27.7 Å². The van der Waals surface area contributed by atoms with Gasteiger partial charge in [-0.25, -0.2) is 45.7 Å². The molecule has 0 saturated carbocycles. The first-order chi connectivity index (χ1) is 21.8. The van der Waals surface area contributed by atoms with Crippen LogP contribution >= 0.6 is 11.6 Å². The zero-order valence-electron chi connectivity index (χ0n) is 23.2. The monoisotopic (exact) mass is 684 g/mol. The number of likely N-dealkylation sites (tertiary alicyclic amines) is 1. The summed E-state index contributed by atoms with van der Waals surface area (Å²) < 4.78 is 105. The van der Waals surface area contributed by atoms with Crippen LogP contribution < -0.4 is 14.8 Å². The summed E-state index contributed by atoms with van der Waals surface area (Å²) in [7, 11) is -4.63. The molecule has 18 heteroatoms. The standard InChI is InChI=1S/C28H22ClF5N6O5S/c29-15-4-3-14(19(31)8-15)13-46(43,44)39-25-20(32)10-22(23(33)24(25)34)45-26-18(2-1-6-35-26)21-5-7-36-27(38-21)37-17-9-16(30)11-40(12-17)28(41)42/h1-8,10,16-17,39H,9,11-13H2,(H,41,42)(H,36,37,38)/t16-,17-/m0/s1. The van der Waals surface area contributed by atoms with Crippen molar-refractivity contribution in [3.63, 3.8) is 0 Å². The van der Waals surface area contributed by atoms with Crippen molar-refractivity contribution in [2.24, 2.45) is 0 Å². The highest BCUT2D eigenvalue weighted by atomic mass is 35.5. The van der Waals surface area contributed by atoms with Gasteiger partial charge in [-0.2, -0.15) is 4.39 Å². The first-order valence-electron chi connectivity index (χ1n) is 13.3. The lowest BCUT2D eigenvalue weighted by Crippen LogP contribution is -2.49. The van der Waals surface area contributed by atoms with Crippen LogP contribution in [0.4, 0.5) is 38.4 Å². The molecule has 2 aromatic carbocycles. The molecule has 1 aliphatic heterocycles. The maximum Gasteiger partial charge on any atom is 0.407 e. The second-order valence-electron chi connectivity index (χ2n) is 10.0. The van der Waals surface area contributed by atoms with E-state index in [4.69, 9.17) is 16.3 Å². The van der Waals surface area contributed by atoms with Crippen molar-refractivity contribution in [2.45, 2.75) is 24.4 Å². The summed E-state index contributed by atoms with van der Waals surface area (Å²) in [6.07, 6.45) is -0.124. The lowest BCUT2D eigenvalue weighted by Gasteiger charge is -2.33. The zero-order valence-corrected chi connectivity index (χ0v) is 24.8. The molecule has 0 radical (unpaired) electrons. The number of nitrogens with zero attached hydrogens (tertiary/aromatic N) is 4. The largest absolute Gasteiger partial charge is 0.465 e. The summed E-state index contributed by atoms with van der Waals surface area (Å²) in [6.45, 7) is -0.288. The number of hydrogen-bond acceptors (Lipinski definition) is 8. The number of nitrogens with one attached hydrogen (secondary N) is 2. The second kappa shape index (κ2) is 13.3. The van der Waals surface area contributed by atoms with E-state index < -0.39 is 68.8 Å². The third kappa shape index (κ3) is 7.54. The van der Waals surface area contributed by atoms with Crippen LogP contribution in [0.15, 0.2) is 54.9 Å². The number of anilines is 2. The minimum Gasteiger partial charge on any atom is -0.465 e. The average molecular weight is 685 g/mol. The van der Waals surface area contributed by atoms with Gasteiger partial charge in [0.15, 0.2) is 17.4 Å². The van der Waals surface area contributed by atoms with E-state index in [1.54, 1.807) is 4.72 Å². The smallest absolute Gasteiger partial charge is 0.407 e. The number of halogens is 6. The van der Waals surface area contributed by atoms with Crippen LogP contribution in [-0.2, 0) is 15.8 Å². The van der Waals surface area contributed by atoms with Crippen molar-refractivity contribution in [3.8, 4) is 22.9 Å². The van der Waals surface area contributed by atoms with Gasteiger partial charge in [0.05, 0.1) is 23.6 Å². The lowest BCUT2D eigenvalue weighted by molar-refractivity contribution is 0.102. The molecular formula is C28H22ClF5N6O5S. The molecule has 46 heavy (non-hydrogen) atoms. The van der Waals surface area contributed by atoms with Gasteiger partial charge < -0.3 is 20.1 Å². The molecule has 1 amide bonds. The van der Waals surface area contributed by atoms with Gasteiger partial charge in [-0.1, -0.05) is 17.7 Å². The number of amides is 1. The van der Waals surface area contributed by atoms with Crippen LogP contribution in [0.1, 0.15) is 12.0 Å². The summed E-state index contributed by atoms with van der Waals surface area (Å²) in [4.78, 5) is 24.6. The maximum atomic E-state index is 15.1. The molecule has 1 aliphatic rings. The van der Waals surface area contributed by atoms with E-state index in [2.05, 4.69) is 20.3 Å². The molecule has 1 fully saturated rings. The van der Waals surface area contributed by atoms with E-state index in [1.807, 2.05) is 0 Å². The number of aromatic nitrogens is 3. The van der Waals surface area contributed by atoms with Crippen LogP contribution in [0.5, 0.6) is 11.6 Å². The molecule has 0 spiro atoms. The summed E-state index contributed by atoms with van der Waals surface area (Å²) >= 11 is 5.65. The van der Waals surface area contributed by atoms with Crippen LogP contribution in [-0.4, -0.2) is 64.8 Å². The number of benzene rings is 2. The molecule has 2 aromatic heterocycles. The molecule has 0 aliphatic carbocycles. The van der Waals surface area contributed by atoms with Crippen molar-refractivity contribution in [1.82, 2.24) is 19.9 Å². The Bertz CT molecular complexity index is 1910. The summed E-state index contributed by atoms with van der Waals surface area (Å²) in [6, 6.07) is 7.23. The van der Waals surface area contributed by atoms with Gasteiger partial charge in [0, 0.05) is 48.1 Å². The molecule has 5 rings (SSSR count). The summed E-state index contributed by atoms with van der Waals surface area (Å²) in [5.41, 5.74) is -1.45. The fourth-order valence-electron chi connectivity index (χ4n) is 4.61. The first kappa shape index (κ1) is 32.6. The van der Waals surface area contributed by atoms with E-state index in [9.17, 15) is 31.5 Å². The van der Waals surface area contributed by atoms with E-state index in [1.165, 1.54) is 36.7 Å². The van der Waals surface area contributed by atoms with Gasteiger partial charge in [-0.05, 0) is 30.3 Å². The first-order valence-corrected chi connectivity index (χ1v) is 15.3. The summed E-state index contributed by atoms with van der Waals surface area (Å²) in [5, 5.41) is 12.1. The second-order valence-corrected chi connectivity index (χ2v) is 12.2. The number of carbonyl (C=O) groups is 1. The highest BCUT2D eigenvalue weighted by molar-refractivity contribution is 7.91. The molecule has 3 heterocycles. The van der Waals surface area contributed by atoms with Crippen molar-refractivity contribution < 1.29 is 45.0 Å². The third-order valence-corrected chi connectivity index (χ3v) is 8.10. The quantitative estimate of drug-likeness (QED) is 0.143. The summed E-state index contributed by atoms with van der Waals surface area (Å²) in [5.74, 6) is -8.60. The Morgan fingerprint density at radius 2 is 1.83 bits per heavy atom. The van der Waals surface area contributed by atoms with Crippen LogP contribution in [0.25, 0.3) is 11.3 Å². The average Bonchev–Trinajstić information content (AvgIpc) is 2.99. The predicted molar refractivity (Wildman–Crippen MR) is 156 cm³/mol. The molecule has 1 saturated heterocycles. The van der Waals surface area contributed by atoms with Crippen molar-refractivity contribution in [2.75, 3.05) is 23.1 Å². The molecule has 2 atom stereocenters. The molecule has 4 aromatic rings. The van der Waals surface area contributed by atoms with E-state index in [-0.39, 0.29) is 53.2 Å². The number of rotatable bonds is 9. The van der Waals surface area contributed by atoms with Gasteiger partial charge >= 0.3 is 6.09 Å². The molecule has 0 unspecified atom stereocenters. The Labute approximate surface area is 263 Å². The Morgan fingerprint density at radius 1 is 1.04 bits per heavy atom. The van der Waals surface area contributed by atoms with Crippen molar-refractivity contribution in [3.05, 3.63) is 88.7 Å². The van der Waals surface area contributed by atoms with E-state index in [0.717, 1.165) is 17.0 Å². The van der Waals surface area contributed by atoms with Gasteiger partial charge in [0.25, 0.3) is 0 Å². The number of carboxylic acid groups (broad SMARTS) is 1. The minimum absolute atomic E-state index is 0.000799. The predicted octanol–water partition coefficient (Wildman–Crippen LogP) is 5.98. The molecule has 242 valence electrons. The zero-order chi connectivity index (χ0) is 33.2. The van der Waals surface area contributed by atoms with E-state index in [0.29, 0.717) is 6.07 Å². The van der Waals surface area contributed by atoms with E-state index >= 15 is 8.78 Å². The number of hydrogen-bond donors (Lipinski definition) is 3. The number of pyridine rings is 1. The lowest BCUT2D eigenvalue weighted by atomic mass is 10.0. The topological polar surface area (TPSA) is 147 Å². The fraction of sp³-hybridized carbons (Fsp3) is 0.214. The highest BCUT2D eigenvalue weighted by Gasteiger charge is 2.31. The number of alkyl halides is 1. The van der Waals surface area contributed by atoms with Gasteiger partial charge in [0.1, 0.15) is 17.7 Å². The molecule has 11 nitrogen and oxygen atoms in total. The molecule has 0 bridgehead atoms. The third-order valence-electron chi connectivity index (χ3n) is 6.66. The molecule has 3 N–H and O–H groups in total. The fourth-order valence-corrected chi connectivity index (χ4v) is 5.98.